The van der Waals surface area contributed by atoms with Gasteiger partial charge in [0.05, 0.1) is 12.6 Å². The van der Waals surface area contributed by atoms with Crippen molar-refractivity contribution >= 4 is 0 Å². The average molecular weight is 378 g/mol. The second-order valence-corrected chi connectivity index (χ2v) is 7.07. The minimum atomic E-state index is 0.281. The number of nitrogens with zero attached hydrogens (tertiary/aromatic N) is 4. The first-order valence-corrected chi connectivity index (χ1v) is 9.70. The van der Waals surface area contributed by atoms with Crippen molar-refractivity contribution in [1.29, 1.82) is 0 Å². The summed E-state index contributed by atoms with van der Waals surface area (Å²) in [7, 11) is 1.62. The molecule has 0 aliphatic carbocycles. The first-order chi connectivity index (χ1) is 13.8. The highest BCUT2D eigenvalue weighted by molar-refractivity contribution is 5.31. The van der Waals surface area contributed by atoms with Gasteiger partial charge in [0.25, 0.3) is 5.89 Å². The third kappa shape index (κ3) is 4.47. The van der Waals surface area contributed by atoms with Crippen LogP contribution in [0.1, 0.15) is 28.9 Å². The molecular weight excluding hydrogens is 352 g/mol. The minimum Gasteiger partial charge on any atom is -0.375 e. The lowest BCUT2D eigenvalue weighted by atomic mass is 9.96. The summed E-state index contributed by atoms with van der Waals surface area (Å²) in [5.74, 6) is 1.26. The maximum atomic E-state index is 5.20. The maximum Gasteiger partial charge on any atom is 0.252 e. The van der Waals surface area contributed by atoms with Crippen molar-refractivity contribution in [2.24, 2.45) is 0 Å². The largest absolute Gasteiger partial charge is 0.375 e. The molecule has 1 fully saturated rings. The van der Waals surface area contributed by atoms with E-state index in [-0.39, 0.29) is 6.04 Å². The molecule has 2 aromatic carbocycles. The molecule has 0 N–H and O–H groups in total. The molecule has 6 heteroatoms. The lowest BCUT2D eigenvalue weighted by molar-refractivity contribution is 0.102. The molecule has 0 atom stereocenters. The van der Waals surface area contributed by atoms with Gasteiger partial charge < -0.3 is 9.26 Å². The zero-order chi connectivity index (χ0) is 19.2. The Balaban J connectivity index is 1.43. The van der Waals surface area contributed by atoms with Gasteiger partial charge in [-0.05, 0) is 11.1 Å². The molecule has 0 radical (unpaired) electrons. The Hall–Kier alpha value is -2.54. The molecule has 4 rings (SSSR count). The molecule has 0 unspecified atom stereocenters. The normalized spacial score (nSPS) is 15.9. The van der Waals surface area contributed by atoms with Crippen LogP contribution in [0.3, 0.4) is 0 Å². The van der Waals surface area contributed by atoms with Crippen molar-refractivity contribution in [1.82, 2.24) is 19.9 Å². The molecule has 1 aromatic heterocycles. The molecule has 1 saturated heterocycles. The van der Waals surface area contributed by atoms with E-state index in [2.05, 4.69) is 80.6 Å². The molecule has 1 aliphatic rings. The van der Waals surface area contributed by atoms with Gasteiger partial charge in [0.15, 0.2) is 5.82 Å². The third-order valence-electron chi connectivity index (χ3n) is 5.15. The van der Waals surface area contributed by atoms with Crippen LogP contribution >= 0.6 is 0 Å². The summed E-state index contributed by atoms with van der Waals surface area (Å²) < 4.78 is 10.2. The molecule has 1 aliphatic heterocycles. The summed E-state index contributed by atoms with van der Waals surface area (Å²) >= 11 is 0. The predicted octanol–water partition coefficient (Wildman–Crippen LogP) is 3.12. The fraction of sp³-hybridized carbons (Fsp3) is 0.364. The number of rotatable bonds is 7. The number of ether oxygens (including phenoxy) is 1. The third-order valence-corrected chi connectivity index (χ3v) is 5.15. The van der Waals surface area contributed by atoms with E-state index in [1.165, 1.54) is 11.1 Å². The molecule has 0 amide bonds. The highest BCUT2D eigenvalue weighted by Crippen LogP contribution is 2.29. The molecular formula is C22H26N4O2. The summed E-state index contributed by atoms with van der Waals surface area (Å²) in [6.07, 6.45) is 0. The van der Waals surface area contributed by atoms with Gasteiger partial charge in [0, 0.05) is 33.3 Å². The summed E-state index contributed by atoms with van der Waals surface area (Å²) in [5.41, 5.74) is 2.68. The van der Waals surface area contributed by atoms with Crippen LogP contribution in [0.2, 0.25) is 0 Å². The number of benzene rings is 2. The second-order valence-electron chi connectivity index (χ2n) is 7.07. The minimum absolute atomic E-state index is 0.281. The summed E-state index contributed by atoms with van der Waals surface area (Å²) in [6.45, 7) is 5.02. The number of hydrogen-bond acceptors (Lipinski definition) is 6. The van der Waals surface area contributed by atoms with Gasteiger partial charge in [0.2, 0.25) is 0 Å². The van der Waals surface area contributed by atoms with Crippen molar-refractivity contribution in [3.8, 4) is 0 Å². The van der Waals surface area contributed by atoms with Crippen molar-refractivity contribution in [3.05, 3.63) is 83.5 Å². The van der Waals surface area contributed by atoms with Crippen molar-refractivity contribution < 1.29 is 9.26 Å². The van der Waals surface area contributed by atoms with Crippen LogP contribution in [0.5, 0.6) is 0 Å². The summed E-state index contributed by atoms with van der Waals surface area (Å²) in [6, 6.07) is 21.8. The maximum absolute atomic E-state index is 5.20. The lowest BCUT2D eigenvalue weighted by Gasteiger charge is -2.39. The fourth-order valence-corrected chi connectivity index (χ4v) is 3.80. The number of methoxy groups -OCH3 is 1. The van der Waals surface area contributed by atoms with Crippen molar-refractivity contribution in [2.45, 2.75) is 19.2 Å². The van der Waals surface area contributed by atoms with Gasteiger partial charge in [-0.3, -0.25) is 9.80 Å². The van der Waals surface area contributed by atoms with Gasteiger partial charge in [0.1, 0.15) is 6.61 Å². The predicted molar refractivity (Wildman–Crippen MR) is 107 cm³/mol. The van der Waals surface area contributed by atoms with Crippen LogP contribution in [0.15, 0.2) is 65.2 Å². The quantitative estimate of drug-likeness (QED) is 0.630. The SMILES string of the molecule is COCc1nc(CN2CCN(C(c3ccccc3)c3ccccc3)CC2)no1. The van der Waals surface area contributed by atoms with E-state index in [9.17, 15) is 0 Å². The Labute approximate surface area is 165 Å². The molecule has 146 valence electrons. The van der Waals surface area contributed by atoms with Crippen LogP contribution in [0.25, 0.3) is 0 Å². The standard InChI is InChI=1S/C22H26N4O2/c1-27-17-21-23-20(24-28-21)16-25-12-14-26(15-13-25)22(18-8-4-2-5-9-18)19-10-6-3-7-11-19/h2-11,22H,12-17H2,1H3. The van der Waals surface area contributed by atoms with Crippen molar-refractivity contribution in [3.63, 3.8) is 0 Å². The number of hydrogen-bond donors (Lipinski definition) is 0. The molecule has 3 aromatic rings. The monoisotopic (exact) mass is 378 g/mol. The van der Waals surface area contributed by atoms with Crippen LogP contribution in [-0.4, -0.2) is 53.2 Å². The van der Waals surface area contributed by atoms with E-state index >= 15 is 0 Å². The number of aromatic nitrogens is 2. The van der Waals surface area contributed by atoms with Gasteiger partial charge in [-0.1, -0.05) is 65.8 Å². The van der Waals surface area contributed by atoms with E-state index in [1.807, 2.05) is 0 Å². The Bertz CT molecular complexity index is 806. The fourth-order valence-electron chi connectivity index (χ4n) is 3.80. The van der Waals surface area contributed by atoms with E-state index < -0.39 is 0 Å². The Morgan fingerprint density at radius 2 is 1.54 bits per heavy atom. The molecule has 0 spiro atoms. The highest BCUT2D eigenvalue weighted by atomic mass is 16.5. The first kappa shape index (κ1) is 18.8. The lowest BCUT2D eigenvalue weighted by Crippen LogP contribution is -2.47. The Kier molecular flexibility index (Phi) is 6.11. The van der Waals surface area contributed by atoms with Gasteiger partial charge in [-0.25, -0.2) is 0 Å². The molecule has 6 nitrogen and oxygen atoms in total. The van der Waals surface area contributed by atoms with Gasteiger partial charge in [-0.2, -0.15) is 4.98 Å². The average Bonchev–Trinajstić information content (AvgIpc) is 3.18. The summed E-state index contributed by atoms with van der Waals surface area (Å²) in [5, 5.41) is 4.06. The molecule has 28 heavy (non-hydrogen) atoms. The first-order valence-electron chi connectivity index (χ1n) is 9.70. The van der Waals surface area contributed by atoms with E-state index in [1.54, 1.807) is 7.11 Å². The van der Waals surface area contributed by atoms with Crippen LogP contribution in [-0.2, 0) is 17.9 Å². The van der Waals surface area contributed by atoms with Gasteiger partial charge >= 0.3 is 0 Å². The smallest absolute Gasteiger partial charge is 0.252 e. The molecule has 0 saturated carbocycles. The molecule has 2 heterocycles. The van der Waals surface area contributed by atoms with Crippen molar-refractivity contribution in [2.75, 3.05) is 33.3 Å². The highest BCUT2D eigenvalue weighted by Gasteiger charge is 2.26. The number of piperazine rings is 1. The zero-order valence-electron chi connectivity index (χ0n) is 16.2. The zero-order valence-corrected chi connectivity index (χ0v) is 16.2. The topological polar surface area (TPSA) is 54.6 Å². The summed E-state index contributed by atoms with van der Waals surface area (Å²) in [4.78, 5) is 9.33. The van der Waals surface area contributed by atoms with E-state index in [4.69, 9.17) is 9.26 Å². The second kappa shape index (κ2) is 9.10. The van der Waals surface area contributed by atoms with Crippen LogP contribution in [0.4, 0.5) is 0 Å². The van der Waals surface area contributed by atoms with E-state index in [0.717, 1.165) is 32.0 Å². The van der Waals surface area contributed by atoms with Crippen LogP contribution < -0.4 is 0 Å². The molecule has 0 bridgehead atoms. The Morgan fingerprint density at radius 3 is 2.11 bits per heavy atom. The van der Waals surface area contributed by atoms with E-state index in [0.29, 0.717) is 19.0 Å². The Morgan fingerprint density at radius 1 is 0.929 bits per heavy atom. The van der Waals surface area contributed by atoms with Gasteiger partial charge in [-0.15, -0.1) is 0 Å². The van der Waals surface area contributed by atoms with Crippen LogP contribution in [0, 0.1) is 0 Å².